The molecule has 0 unspecified atom stereocenters. The zero-order valence-corrected chi connectivity index (χ0v) is 18.5. The summed E-state index contributed by atoms with van der Waals surface area (Å²) >= 11 is 1.92. The number of thiophene rings is 1. The fourth-order valence-corrected chi connectivity index (χ4v) is 5.87. The first-order valence-electron chi connectivity index (χ1n) is 10.3. The number of pyridine rings is 1. The van der Waals surface area contributed by atoms with Crippen LogP contribution in [0.15, 0.2) is 60.7 Å². The average molecular weight is 397 g/mol. The zero-order valence-electron chi connectivity index (χ0n) is 17.7. The normalized spacial score (nSPS) is 11.9. The second-order valence-electron chi connectivity index (χ2n) is 8.38. The molecule has 0 atom stereocenters. The van der Waals surface area contributed by atoms with E-state index >= 15 is 0 Å². The van der Waals surface area contributed by atoms with Crippen molar-refractivity contribution >= 4 is 42.4 Å². The Labute approximate surface area is 176 Å². The van der Waals surface area contributed by atoms with Crippen molar-refractivity contribution in [3.63, 3.8) is 0 Å². The van der Waals surface area contributed by atoms with Gasteiger partial charge in [-0.05, 0) is 54.7 Å². The summed E-state index contributed by atoms with van der Waals surface area (Å²) in [6.07, 6.45) is 0. The minimum Gasteiger partial charge on any atom is -0.194 e. The molecule has 2 heteroatoms. The summed E-state index contributed by atoms with van der Waals surface area (Å²) in [4.78, 5) is 0. The lowest BCUT2D eigenvalue weighted by molar-refractivity contribution is -0.633. The van der Waals surface area contributed by atoms with Crippen molar-refractivity contribution in [3.05, 3.63) is 77.4 Å². The van der Waals surface area contributed by atoms with E-state index in [2.05, 4.69) is 100.0 Å². The van der Waals surface area contributed by atoms with Gasteiger partial charge >= 0.3 is 0 Å². The van der Waals surface area contributed by atoms with Crippen LogP contribution in [0.4, 0.5) is 0 Å². The number of aryl methyl sites for hydroxylation is 2. The van der Waals surface area contributed by atoms with Gasteiger partial charge in [-0.25, -0.2) is 0 Å². The SMILES string of the molecule is Cc1cc2c(sc3ccccc32)c(-c2cc(C(C)C)c3ccccc3[n+]2C)c1C. The van der Waals surface area contributed by atoms with Crippen molar-refractivity contribution in [2.45, 2.75) is 33.6 Å². The van der Waals surface area contributed by atoms with Crippen LogP contribution in [-0.2, 0) is 7.05 Å². The van der Waals surface area contributed by atoms with E-state index < -0.39 is 0 Å². The highest BCUT2D eigenvalue weighted by Crippen LogP contribution is 2.42. The smallest absolute Gasteiger partial charge is 0.194 e. The quantitative estimate of drug-likeness (QED) is 0.273. The molecule has 0 aliphatic heterocycles. The Morgan fingerprint density at radius 1 is 0.828 bits per heavy atom. The molecular weight excluding hydrogens is 370 g/mol. The largest absolute Gasteiger partial charge is 0.214 e. The van der Waals surface area contributed by atoms with Gasteiger partial charge < -0.3 is 0 Å². The maximum atomic E-state index is 2.43. The first kappa shape index (κ1) is 18.3. The third-order valence-corrected chi connectivity index (χ3v) is 7.50. The molecule has 2 aromatic heterocycles. The van der Waals surface area contributed by atoms with Crippen LogP contribution < -0.4 is 4.57 Å². The monoisotopic (exact) mass is 396 g/mol. The molecule has 29 heavy (non-hydrogen) atoms. The van der Waals surface area contributed by atoms with E-state index in [1.54, 1.807) is 0 Å². The molecule has 0 saturated carbocycles. The Hall–Kier alpha value is -2.71. The number of hydrogen-bond donors (Lipinski definition) is 0. The number of para-hydroxylation sites is 1. The van der Waals surface area contributed by atoms with Crippen LogP contribution in [-0.4, -0.2) is 0 Å². The van der Waals surface area contributed by atoms with E-state index in [-0.39, 0.29) is 0 Å². The lowest BCUT2D eigenvalue weighted by Gasteiger charge is -2.15. The van der Waals surface area contributed by atoms with Gasteiger partial charge in [0.25, 0.3) is 0 Å². The molecule has 0 spiro atoms. The average Bonchev–Trinajstić information content (AvgIpc) is 3.08. The predicted molar refractivity (Wildman–Crippen MR) is 127 cm³/mol. The van der Waals surface area contributed by atoms with Crippen LogP contribution >= 0.6 is 11.3 Å². The second-order valence-corrected chi connectivity index (χ2v) is 9.44. The standard InChI is InChI=1S/C27H26NS/c1-16(2)21-15-24(28(5)23-12-8-6-10-19(21)23)26-18(4)17(3)14-22-20-11-7-9-13-25(20)29-27(22)26/h6-16H,1-5H3/q+1. The van der Waals surface area contributed by atoms with Crippen molar-refractivity contribution in [2.24, 2.45) is 7.05 Å². The summed E-state index contributed by atoms with van der Waals surface area (Å²) in [7, 11) is 2.21. The summed E-state index contributed by atoms with van der Waals surface area (Å²) < 4.78 is 5.14. The Balaban J connectivity index is 1.97. The molecule has 0 fully saturated rings. The highest BCUT2D eigenvalue weighted by Gasteiger charge is 2.24. The van der Waals surface area contributed by atoms with Crippen molar-refractivity contribution in [3.8, 4) is 11.3 Å². The molecule has 0 radical (unpaired) electrons. The Kier molecular flexibility index (Phi) is 4.22. The Morgan fingerprint density at radius 2 is 1.52 bits per heavy atom. The summed E-state index contributed by atoms with van der Waals surface area (Å²) in [5, 5.41) is 4.10. The van der Waals surface area contributed by atoms with E-state index in [1.807, 2.05) is 11.3 Å². The molecule has 3 aromatic carbocycles. The van der Waals surface area contributed by atoms with Gasteiger partial charge in [0.2, 0.25) is 11.2 Å². The van der Waals surface area contributed by atoms with E-state index in [1.165, 1.54) is 59.0 Å². The Bertz CT molecular complexity index is 1410. The molecular formula is C27H26NS+. The molecule has 0 saturated heterocycles. The molecule has 0 aliphatic rings. The highest BCUT2D eigenvalue weighted by atomic mass is 32.1. The molecule has 0 aliphatic carbocycles. The summed E-state index contributed by atoms with van der Waals surface area (Å²) in [5.41, 5.74) is 8.15. The van der Waals surface area contributed by atoms with Crippen LogP contribution in [0.5, 0.6) is 0 Å². The number of aromatic nitrogens is 1. The number of fused-ring (bicyclic) bond motifs is 4. The minimum atomic E-state index is 0.475. The number of hydrogen-bond acceptors (Lipinski definition) is 1. The van der Waals surface area contributed by atoms with Crippen LogP contribution in [0.3, 0.4) is 0 Å². The highest BCUT2D eigenvalue weighted by molar-refractivity contribution is 7.26. The van der Waals surface area contributed by atoms with Crippen LogP contribution in [0.1, 0.15) is 36.5 Å². The third-order valence-electron chi connectivity index (χ3n) is 6.30. The van der Waals surface area contributed by atoms with Gasteiger partial charge in [-0.3, -0.25) is 0 Å². The summed E-state index contributed by atoms with van der Waals surface area (Å²) in [6.45, 7) is 9.11. The molecule has 5 aromatic rings. The molecule has 0 N–H and O–H groups in total. The third kappa shape index (κ3) is 2.70. The van der Waals surface area contributed by atoms with Crippen molar-refractivity contribution in [1.29, 1.82) is 0 Å². The van der Waals surface area contributed by atoms with Crippen molar-refractivity contribution < 1.29 is 4.57 Å². The van der Waals surface area contributed by atoms with E-state index in [0.29, 0.717) is 5.92 Å². The van der Waals surface area contributed by atoms with Gasteiger partial charge in [0, 0.05) is 37.7 Å². The second kappa shape index (κ2) is 6.67. The first-order valence-corrected chi connectivity index (χ1v) is 11.1. The molecule has 5 rings (SSSR count). The van der Waals surface area contributed by atoms with E-state index in [9.17, 15) is 0 Å². The topological polar surface area (TPSA) is 3.88 Å². The van der Waals surface area contributed by atoms with Crippen LogP contribution in [0.25, 0.3) is 42.3 Å². The van der Waals surface area contributed by atoms with Crippen molar-refractivity contribution in [1.82, 2.24) is 0 Å². The summed E-state index contributed by atoms with van der Waals surface area (Å²) in [5.74, 6) is 0.475. The van der Waals surface area contributed by atoms with E-state index in [4.69, 9.17) is 0 Å². The summed E-state index contributed by atoms with van der Waals surface area (Å²) in [6, 6.07) is 22.4. The van der Waals surface area contributed by atoms with Gasteiger partial charge in [0.1, 0.15) is 7.05 Å². The maximum Gasteiger partial charge on any atom is 0.214 e. The van der Waals surface area contributed by atoms with Gasteiger partial charge in [0.05, 0.1) is 5.56 Å². The molecule has 0 amide bonds. The number of rotatable bonds is 2. The first-order chi connectivity index (χ1) is 14.0. The lowest BCUT2D eigenvalue weighted by Crippen LogP contribution is -2.33. The minimum absolute atomic E-state index is 0.475. The fraction of sp³-hybridized carbons (Fsp3) is 0.222. The molecule has 0 bridgehead atoms. The van der Waals surface area contributed by atoms with E-state index in [0.717, 1.165) is 0 Å². The van der Waals surface area contributed by atoms with Crippen LogP contribution in [0, 0.1) is 13.8 Å². The van der Waals surface area contributed by atoms with Gasteiger partial charge in [-0.2, -0.15) is 4.57 Å². The predicted octanol–water partition coefficient (Wildman–Crippen LogP) is 7.44. The molecule has 1 nitrogen and oxygen atoms in total. The van der Waals surface area contributed by atoms with Gasteiger partial charge in [-0.1, -0.05) is 44.2 Å². The number of benzene rings is 3. The molecule has 2 heterocycles. The Morgan fingerprint density at radius 3 is 2.28 bits per heavy atom. The van der Waals surface area contributed by atoms with Crippen LogP contribution in [0.2, 0.25) is 0 Å². The van der Waals surface area contributed by atoms with Crippen molar-refractivity contribution in [2.75, 3.05) is 0 Å². The van der Waals surface area contributed by atoms with Gasteiger partial charge in [-0.15, -0.1) is 11.3 Å². The zero-order chi connectivity index (χ0) is 20.3. The van der Waals surface area contributed by atoms with Gasteiger partial charge in [0.15, 0.2) is 0 Å². The fourth-order valence-electron chi connectivity index (χ4n) is 4.57. The number of nitrogens with zero attached hydrogens (tertiary/aromatic N) is 1. The maximum absolute atomic E-state index is 2.43. The molecule has 144 valence electrons. The lowest BCUT2D eigenvalue weighted by atomic mass is 9.92.